The number of rotatable bonds is 5. The summed E-state index contributed by atoms with van der Waals surface area (Å²) in [6.07, 6.45) is 6.65. The highest BCUT2D eigenvalue weighted by atomic mass is 16.1. The molecule has 0 saturated heterocycles. The number of pyridine rings is 1. The van der Waals surface area contributed by atoms with Crippen LogP contribution in [-0.2, 0) is 0 Å². The van der Waals surface area contributed by atoms with E-state index in [1.54, 1.807) is 30.6 Å². The monoisotopic (exact) mass is 204 g/mol. The van der Waals surface area contributed by atoms with Crippen molar-refractivity contribution in [1.82, 2.24) is 9.88 Å². The number of nitrogens with zero attached hydrogens (tertiary/aromatic N) is 2. The van der Waals surface area contributed by atoms with E-state index in [0.717, 1.165) is 13.1 Å². The summed E-state index contributed by atoms with van der Waals surface area (Å²) in [7, 11) is 0. The molecular weight excluding hydrogens is 188 g/mol. The molecule has 3 heteroatoms. The number of aromatic nitrogens is 1. The molecule has 0 unspecified atom stereocenters. The summed E-state index contributed by atoms with van der Waals surface area (Å²) < 4.78 is 0. The van der Waals surface area contributed by atoms with Crippen LogP contribution in [0.2, 0.25) is 0 Å². The SMILES string of the molecule is CCN(/C=C/C(=O)c1cccnc1)CC. The van der Waals surface area contributed by atoms with E-state index in [1.165, 1.54) is 0 Å². The van der Waals surface area contributed by atoms with Gasteiger partial charge in [0.15, 0.2) is 5.78 Å². The van der Waals surface area contributed by atoms with Crippen LogP contribution in [0.5, 0.6) is 0 Å². The molecule has 1 heterocycles. The van der Waals surface area contributed by atoms with E-state index in [4.69, 9.17) is 0 Å². The lowest BCUT2D eigenvalue weighted by molar-refractivity contribution is 0.104. The summed E-state index contributed by atoms with van der Waals surface area (Å²) in [5.74, 6) is -0.00463. The lowest BCUT2D eigenvalue weighted by atomic mass is 10.2. The number of hydrogen-bond donors (Lipinski definition) is 0. The first-order chi connectivity index (χ1) is 7.27. The summed E-state index contributed by atoms with van der Waals surface area (Å²) in [5, 5.41) is 0. The Kier molecular flexibility index (Phi) is 4.54. The Morgan fingerprint density at radius 1 is 1.47 bits per heavy atom. The van der Waals surface area contributed by atoms with E-state index < -0.39 is 0 Å². The molecule has 0 N–H and O–H groups in total. The van der Waals surface area contributed by atoms with E-state index in [9.17, 15) is 4.79 Å². The molecule has 1 aromatic heterocycles. The second-order valence-electron chi connectivity index (χ2n) is 3.14. The number of carbonyl (C=O) groups is 1. The lowest BCUT2D eigenvalue weighted by Crippen LogP contribution is -2.15. The van der Waals surface area contributed by atoms with Crippen LogP contribution in [0.15, 0.2) is 36.8 Å². The van der Waals surface area contributed by atoms with E-state index in [0.29, 0.717) is 5.56 Å². The summed E-state index contributed by atoms with van der Waals surface area (Å²) in [5.41, 5.74) is 0.626. The molecule has 80 valence electrons. The normalized spacial score (nSPS) is 10.5. The van der Waals surface area contributed by atoms with Crippen molar-refractivity contribution >= 4 is 5.78 Å². The molecule has 0 fully saturated rings. The zero-order chi connectivity index (χ0) is 11.1. The predicted molar refractivity (Wildman–Crippen MR) is 60.6 cm³/mol. The molecule has 0 radical (unpaired) electrons. The summed E-state index contributed by atoms with van der Waals surface area (Å²) in [6, 6.07) is 3.53. The van der Waals surface area contributed by atoms with E-state index >= 15 is 0 Å². The predicted octanol–water partition coefficient (Wildman–Crippen LogP) is 2.12. The zero-order valence-electron chi connectivity index (χ0n) is 9.18. The number of allylic oxidation sites excluding steroid dienone is 1. The maximum atomic E-state index is 11.6. The van der Waals surface area contributed by atoms with Crippen LogP contribution < -0.4 is 0 Å². The van der Waals surface area contributed by atoms with E-state index in [-0.39, 0.29) is 5.78 Å². The third-order valence-electron chi connectivity index (χ3n) is 2.20. The molecule has 0 aliphatic heterocycles. The van der Waals surface area contributed by atoms with Gasteiger partial charge in [-0.05, 0) is 26.0 Å². The molecule has 0 bridgehead atoms. The van der Waals surface area contributed by atoms with Gasteiger partial charge in [-0.25, -0.2) is 0 Å². The smallest absolute Gasteiger partial charge is 0.188 e. The van der Waals surface area contributed by atoms with Crippen LogP contribution in [-0.4, -0.2) is 28.8 Å². The maximum Gasteiger partial charge on any atom is 0.188 e. The van der Waals surface area contributed by atoms with Crippen LogP contribution in [0, 0.1) is 0 Å². The molecule has 0 saturated carbocycles. The third kappa shape index (κ3) is 3.54. The average Bonchev–Trinajstić information content (AvgIpc) is 2.31. The average molecular weight is 204 g/mol. The topological polar surface area (TPSA) is 33.2 Å². The van der Waals surface area contributed by atoms with E-state index in [1.807, 2.05) is 6.20 Å². The van der Waals surface area contributed by atoms with Gasteiger partial charge in [-0.15, -0.1) is 0 Å². The highest BCUT2D eigenvalue weighted by Gasteiger charge is 2.00. The van der Waals surface area contributed by atoms with Crippen molar-refractivity contribution in [1.29, 1.82) is 0 Å². The molecule has 15 heavy (non-hydrogen) atoms. The fourth-order valence-electron chi connectivity index (χ4n) is 1.21. The van der Waals surface area contributed by atoms with Gasteiger partial charge < -0.3 is 4.90 Å². The number of ketones is 1. The lowest BCUT2D eigenvalue weighted by Gasteiger charge is -2.14. The van der Waals surface area contributed by atoms with E-state index in [2.05, 4.69) is 23.7 Å². The van der Waals surface area contributed by atoms with Gasteiger partial charge in [0.25, 0.3) is 0 Å². The number of hydrogen-bond acceptors (Lipinski definition) is 3. The van der Waals surface area contributed by atoms with Crippen molar-refractivity contribution in [2.75, 3.05) is 13.1 Å². The molecule has 1 aromatic rings. The quantitative estimate of drug-likeness (QED) is 0.544. The minimum atomic E-state index is -0.00463. The first-order valence-corrected chi connectivity index (χ1v) is 5.14. The Morgan fingerprint density at radius 3 is 2.73 bits per heavy atom. The van der Waals surface area contributed by atoms with Gasteiger partial charge >= 0.3 is 0 Å². The molecule has 0 amide bonds. The van der Waals surface area contributed by atoms with Crippen LogP contribution in [0.4, 0.5) is 0 Å². The maximum absolute atomic E-state index is 11.6. The Labute approximate surface area is 90.4 Å². The summed E-state index contributed by atoms with van der Waals surface area (Å²) in [6.45, 7) is 5.94. The first kappa shape index (κ1) is 11.4. The second-order valence-corrected chi connectivity index (χ2v) is 3.14. The summed E-state index contributed by atoms with van der Waals surface area (Å²) in [4.78, 5) is 17.6. The molecule has 0 aliphatic rings. The Morgan fingerprint density at radius 2 is 2.20 bits per heavy atom. The fourth-order valence-corrected chi connectivity index (χ4v) is 1.21. The minimum absolute atomic E-state index is 0.00463. The van der Waals surface area contributed by atoms with Crippen LogP contribution >= 0.6 is 0 Å². The molecule has 3 nitrogen and oxygen atoms in total. The van der Waals surface area contributed by atoms with Gasteiger partial charge in [-0.2, -0.15) is 0 Å². The Balaban J connectivity index is 2.63. The van der Waals surface area contributed by atoms with Crippen LogP contribution in [0.25, 0.3) is 0 Å². The van der Waals surface area contributed by atoms with Crippen molar-refractivity contribution in [3.8, 4) is 0 Å². The molecule has 0 aliphatic carbocycles. The van der Waals surface area contributed by atoms with Crippen molar-refractivity contribution in [2.24, 2.45) is 0 Å². The fraction of sp³-hybridized carbons (Fsp3) is 0.333. The van der Waals surface area contributed by atoms with Crippen LogP contribution in [0.3, 0.4) is 0 Å². The molecule has 1 rings (SSSR count). The number of carbonyl (C=O) groups excluding carboxylic acids is 1. The molecular formula is C12H16N2O. The van der Waals surface area contributed by atoms with Gasteiger partial charge in [-0.1, -0.05) is 0 Å². The van der Waals surface area contributed by atoms with Gasteiger partial charge in [-0.3, -0.25) is 9.78 Å². The van der Waals surface area contributed by atoms with Gasteiger partial charge in [0.05, 0.1) is 0 Å². The second kappa shape index (κ2) is 5.96. The van der Waals surface area contributed by atoms with Crippen molar-refractivity contribution in [3.05, 3.63) is 42.4 Å². The largest absolute Gasteiger partial charge is 0.378 e. The van der Waals surface area contributed by atoms with Gasteiger partial charge in [0, 0.05) is 43.3 Å². The van der Waals surface area contributed by atoms with Crippen LogP contribution in [0.1, 0.15) is 24.2 Å². The highest BCUT2D eigenvalue weighted by Crippen LogP contribution is 1.99. The van der Waals surface area contributed by atoms with Gasteiger partial charge in [0.2, 0.25) is 0 Å². The van der Waals surface area contributed by atoms with Crippen molar-refractivity contribution in [2.45, 2.75) is 13.8 Å². The Bertz CT molecular complexity index is 329. The van der Waals surface area contributed by atoms with Crippen molar-refractivity contribution in [3.63, 3.8) is 0 Å². The third-order valence-corrected chi connectivity index (χ3v) is 2.20. The zero-order valence-corrected chi connectivity index (χ0v) is 9.18. The minimum Gasteiger partial charge on any atom is -0.378 e. The standard InChI is InChI=1S/C12H16N2O/c1-3-14(4-2)9-7-12(15)11-6-5-8-13-10-11/h5-10H,3-4H2,1-2H3/b9-7+. The van der Waals surface area contributed by atoms with Gasteiger partial charge in [0.1, 0.15) is 0 Å². The summed E-state index contributed by atoms with van der Waals surface area (Å²) >= 11 is 0. The molecule has 0 aromatic carbocycles. The molecule has 0 spiro atoms. The first-order valence-electron chi connectivity index (χ1n) is 5.14. The Hall–Kier alpha value is -1.64. The highest BCUT2D eigenvalue weighted by molar-refractivity contribution is 6.04. The van der Waals surface area contributed by atoms with Crippen molar-refractivity contribution < 1.29 is 4.79 Å². The molecule has 0 atom stereocenters.